The van der Waals surface area contributed by atoms with Gasteiger partial charge in [-0.1, -0.05) is 0 Å². The standard InChI is InChI=1S/C10H10N2O2/c1-14-10(13)6-7-5-9-8(12-7)3-2-4-11-9/h2-5,12H,6H2,1H3. The molecule has 4 nitrogen and oxygen atoms in total. The van der Waals surface area contributed by atoms with Crippen molar-refractivity contribution < 1.29 is 9.53 Å². The molecule has 0 unspecified atom stereocenters. The van der Waals surface area contributed by atoms with Gasteiger partial charge in [-0.15, -0.1) is 0 Å². The molecule has 2 aromatic rings. The average molecular weight is 190 g/mol. The van der Waals surface area contributed by atoms with Crippen LogP contribution in [0.15, 0.2) is 24.4 Å². The number of ether oxygens (including phenoxy) is 1. The molecule has 0 amide bonds. The van der Waals surface area contributed by atoms with E-state index in [-0.39, 0.29) is 12.4 Å². The van der Waals surface area contributed by atoms with Crippen molar-refractivity contribution in [1.29, 1.82) is 0 Å². The summed E-state index contributed by atoms with van der Waals surface area (Å²) in [6.07, 6.45) is 1.98. The quantitative estimate of drug-likeness (QED) is 0.726. The van der Waals surface area contributed by atoms with Crippen LogP contribution in [-0.2, 0) is 16.0 Å². The van der Waals surface area contributed by atoms with Crippen molar-refractivity contribution in [3.8, 4) is 0 Å². The normalized spacial score (nSPS) is 10.4. The van der Waals surface area contributed by atoms with E-state index >= 15 is 0 Å². The van der Waals surface area contributed by atoms with Crippen LogP contribution < -0.4 is 0 Å². The van der Waals surface area contributed by atoms with Crippen LogP contribution in [0.1, 0.15) is 5.69 Å². The minimum atomic E-state index is -0.253. The van der Waals surface area contributed by atoms with Gasteiger partial charge in [-0.2, -0.15) is 0 Å². The molecule has 1 N–H and O–H groups in total. The summed E-state index contributed by atoms with van der Waals surface area (Å²) < 4.78 is 4.57. The molecule has 0 aliphatic carbocycles. The number of hydrogen-bond donors (Lipinski definition) is 1. The van der Waals surface area contributed by atoms with Crippen LogP contribution in [0, 0.1) is 0 Å². The molecule has 4 heteroatoms. The molecule has 0 aromatic carbocycles. The average Bonchev–Trinajstić information content (AvgIpc) is 2.59. The summed E-state index contributed by atoms with van der Waals surface area (Å²) >= 11 is 0. The SMILES string of the molecule is COC(=O)Cc1cc2ncccc2[nH]1. The molecular weight excluding hydrogens is 180 g/mol. The first kappa shape index (κ1) is 8.74. The minimum Gasteiger partial charge on any atom is -0.469 e. The molecule has 14 heavy (non-hydrogen) atoms. The molecule has 2 heterocycles. The molecule has 0 atom stereocenters. The largest absolute Gasteiger partial charge is 0.469 e. The Labute approximate surface area is 80.9 Å². The van der Waals surface area contributed by atoms with Gasteiger partial charge >= 0.3 is 5.97 Å². The first-order chi connectivity index (χ1) is 6.79. The van der Waals surface area contributed by atoms with Gasteiger partial charge in [0.05, 0.1) is 24.6 Å². The number of aromatic nitrogens is 2. The fourth-order valence-electron chi connectivity index (χ4n) is 1.34. The highest BCUT2D eigenvalue weighted by Crippen LogP contribution is 2.12. The number of nitrogens with zero attached hydrogens (tertiary/aromatic N) is 1. The van der Waals surface area contributed by atoms with Gasteiger partial charge in [-0.05, 0) is 18.2 Å². The molecule has 0 bridgehead atoms. The third-order valence-electron chi connectivity index (χ3n) is 2.01. The molecule has 72 valence electrons. The van der Waals surface area contributed by atoms with Gasteiger partial charge < -0.3 is 9.72 Å². The zero-order chi connectivity index (χ0) is 9.97. The predicted octanol–water partition coefficient (Wildman–Crippen LogP) is 1.28. The van der Waals surface area contributed by atoms with Crippen LogP contribution in [0.2, 0.25) is 0 Å². The van der Waals surface area contributed by atoms with Gasteiger partial charge in [0, 0.05) is 11.9 Å². The Balaban J connectivity index is 2.31. The number of H-pyrrole nitrogens is 1. The van der Waals surface area contributed by atoms with E-state index in [9.17, 15) is 4.79 Å². The second-order valence-electron chi connectivity index (χ2n) is 2.98. The lowest BCUT2D eigenvalue weighted by Gasteiger charge is -1.94. The summed E-state index contributed by atoms with van der Waals surface area (Å²) in [5, 5.41) is 0. The Hall–Kier alpha value is -1.84. The van der Waals surface area contributed by atoms with Crippen molar-refractivity contribution in [3.05, 3.63) is 30.1 Å². The number of carbonyl (C=O) groups excluding carboxylic acids is 1. The first-order valence-electron chi connectivity index (χ1n) is 4.29. The van der Waals surface area contributed by atoms with Crippen LogP contribution in [-0.4, -0.2) is 23.0 Å². The van der Waals surface area contributed by atoms with Gasteiger partial charge in [-0.3, -0.25) is 9.78 Å². The number of methoxy groups -OCH3 is 1. The molecule has 0 aliphatic rings. The Kier molecular flexibility index (Phi) is 2.18. The zero-order valence-electron chi connectivity index (χ0n) is 7.78. The maximum Gasteiger partial charge on any atom is 0.311 e. The Morgan fingerprint density at radius 3 is 3.21 bits per heavy atom. The molecule has 0 fully saturated rings. The minimum absolute atomic E-state index is 0.253. The fraction of sp³-hybridized carbons (Fsp3) is 0.200. The van der Waals surface area contributed by atoms with Gasteiger partial charge in [0.1, 0.15) is 0 Å². The third-order valence-corrected chi connectivity index (χ3v) is 2.01. The van der Waals surface area contributed by atoms with E-state index in [1.165, 1.54) is 7.11 Å². The van der Waals surface area contributed by atoms with E-state index in [1.54, 1.807) is 6.20 Å². The van der Waals surface area contributed by atoms with Crippen molar-refractivity contribution in [3.63, 3.8) is 0 Å². The molecule has 0 saturated carbocycles. The van der Waals surface area contributed by atoms with E-state index in [1.807, 2.05) is 18.2 Å². The number of nitrogens with one attached hydrogen (secondary N) is 1. The maximum absolute atomic E-state index is 11.0. The second kappa shape index (κ2) is 3.49. The fourth-order valence-corrected chi connectivity index (χ4v) is 1.34. The van der Waals surface area contributed by atoms with E-state index in [0.29, 0.717) is 0 Å². The number of aromatic amines is 1. The van der Waals surface area contributed by atoms with Crippen molar-refractivity contribution in [2.24, 2.45) is 0 Å². The summed E-state index contributed by atoms with van der Waals surface area (Å²) in [6, 6.07) is 5.62. The zero-order valence-corrected chi connectivity index (χ0v) is 7.78. The topological polar surface area (TPSA) is 55.0 Å². The van der Waals surface area contributed by atoms with E-state index < -0.39 is 0 Å². The lowest BCUT2D eigenvalue weighted by molar-refractivity contribution is -0.139. The molecule has 2 rings (SSSR count). The van der Waals surface area contributed by atoms with Gasteiger partial charge in [0.15, 0.2) is 0 Å². The number of hydrogen-bond acceptors (Lipinski definition) is 3. The summed E-state index contributed by atoms with van der Waals surface area (Å²) in [7, 11) is 1.38. The number of rotatable bonds is 2. The van der Waals surface area contributed by atoms with Gasteiger partial charge in [0.2, 0.25) is 0 Å². The summed E-state index contributed by atoms with van der Waals surface area (Å²) in [5.74, 6) is -0.253. The predicted molar refractivity (Wildman–Crippen MR) is 51.8 cm³/mol. The Morgan fingerprint density at radius 1 is 1.64 bits per heavy atom. The molecule has 2 aromatic heterocycles. The lowest BCUT2D eigenvalue weighted by atomic mass is 10.3. The monoisotopic (exact) mass is 190 g/mol. The summed E-state index contributed by atoms with van der Waals surface area (Å²) in [5.41, 5.74) is 2.63. The van der Waals surface area contributed by atoms with Crippen molar-refractivity contribution >= 4 is 17.0 Å². The third kappa shape index (κ3) is 1.59. The van der Waals surface area contributed by atoms with E-state index in [0.717, 1.165) is 16.7 Å². The van der Waals surface area contributed by atoms with Crippen LogP contribution in [0.5, 0.6) is 0 Å². The highest BCUT2D eigenvalue weighted by molar-refractivity contribution is 5.79. The molecule has 0 saturated heterocycles. The van der Waals surface area contributed by atoms with Gasteiger partial charge in [0.25, 0.3) is 0 Å². The van der Waals surface area contributed by atoms with Crippen LogP contribution in [0.25, 0.3) is 11.0 Å². The van der Waals surface area contributed by atoms with Crippen LogP contribution in [0.3, 0.4) is 0 Å². The van der Waals surface area contributed by atoms with E-state index in [4.69, 9.17) is 0 Å². The van der Waals surface area contributed by atoms with Gasteiger partial charge in [-0.25, -0.2) is 0 Å². The van der Waals surface area contributed by atoms with Crippen molar-refractivity contribution in [2.45, 2.75) is 6.42 Å². The first-order valence-corrected chi connectivity index (χ1v) is 4.29. The van der Waals surface area contributed by atoms with Crippen LogP contribution >= 0.6 is 0 Å². The Bertz CT molecular complexity index is 429. The molecule has 0 aliphatic heterocycles. The number of fused-ring (bicyclic) bond motifs is 1. The maximum atomic E-state index is 11.0. The highest BCUT2D eigenvalue weighted by Gasteiger charge is 2.06. The summed E-state index contributed by atoms with van der Waals surface area (Å²) in [4.78, 5) is 18.2. The lowest BCUT2D eigenvalue weighted by Crippen LogP contribution is -2.04. The molecule has 0 spiro atoms. The van der Waals surface area contributed by atoms with Crippen molar-refractivity contribution in [2.75, 3.05) is 7.11 Å². The Morgan fingerprint density at radius 2 is 2.50 bits per heavy atom. The van der Waals surface area contributed by atoms with Crippen LogP contribution in [0.4, 0.5) is 0 Å². The van der Waals surface area contributed by atoms with E-state index in [2.05, 4.69) is 14.7 Å². The molecular formula is C10H10N2O2. The number of pyridine rings is 1. The molecule has 0 radical (unpaired) electrons. The second-order valence-corrected chi connectivity index (χ2v) is 2.98. The number of esters is 1. The smallest absolute Gasteiger partial charge is 0.311 e. The highest BCUT2D eigenvalue weighted by atomic mass is 16.5. The number of carbonyl (C=O) groups is 1. The van der Waals surface area contributed by atoms with Crippen molar-refractivity contribution in [1.82, 2.24) is 9.97 Å². The summed E-state index contributed by atoms with van der Waals surface area (Å²) in [6.45, 7) is 0.